The van der Waals surface area contributed by atoms with Gasteiger partial charge in [0.2, 0.25) is 0 Å². The lowest BCUT2D eigenvalue weighted by molar-refractivity contribution is -0.132. The van der Waals surface area contributed by atoms with Crippen molar-refractivity contribution in [2.45, 2.75) is 19.8 Å². The van der Waals surface area contributed by atoms with Crippen molar-refractivity contribution in [2.24, 2.45) is 0 Å². The van der Waals surface area contributed by atoms with E-state index in [1.165, 1.54) is 5.56 Å². The largest absolute Gasteiger partial charge is 0.478 e. The Morgan fingerprint density at radius 3 is 2.50 bits per heavy atom. The van der Waals surface area contributed by atoms with Gasteiger partial charge in [-0.25, -0.2) is 4.79 Å². The predicted octanol–water partition coefficient (Wildman–Crippen LogP) is 2.69. The van der Waals surface area contributed by atoms with Gasteiger partial charge in [0.25, 0.3) is 0 Å². The van der Waals surface area contributed by atoms with E-state index in [2.05, 4.69) is 17.4 Å². The van der Waals surface area contributed by atoms with E-state index in [0.29, 0.717) is 5.57 Å². The van der Waals surface area contributed by atoms with Gasteiger partial charge in [0.1, 0.15) is 0 Å². The summed E-state index contributed by atoms with van der Waals surface area (Å²) in [5.74, 6) is -0.842. The molecule has 0 fully saturated rings. The molecule has 0 spiro atoms. The van der Waals surface area contributed by atoms with Gasteiger partial charge in [-0.15, -0.1) is 0 Å². The number of aliphatic carboxylic acids is 1. The van der Waals surface area contributed by atoms with Crippen molar-refractivity contribution in [1.82, 2.24) is 0 Å². The fourth-order valence-corrected chi connectivity index (χ4v) is 1.38. The number of carboxylic acids is 1. The van der Waals surface area contributed by atoms with E-state index in [1.807, 2.05) is 19.2 Å². The zero-order chi connectivity index (χ0) is 12.0. The minimum Gasteiger partial charge on any atom is -0.478 e. The molecule has 0 aliphatic rings. The second-order valence-electron chi connectivity index (χ2n) is 3.68. The lowest BCUT2D eigenvalue weighted by atomic mass is 10.1. The highest BCUT2D eigenvalue weighted by Gasteiger charge is 1.98. The van der Waals surface area contributed by atoms with E-state index in [4.69, 9.17) is 5.11 Å². The van der Waals surface area contributed by atoms with Gasteiger partial charge in [0.05, 0.1) is 0 Å². The van der Waals surface area contributed by atoms with Crippen molar-refractivity contribution in [1.29, 1.82) is 0 Å². The van der Waals surface area contributed by atoms with Gasteiger partial charge in [0.15, 0.2) is 0 Å². The van der Waals surface area contributed by atoms with Gasteiger partial charge in [-0.2, -0.15) is 0 Å². The minimum atomic E-state index is -0.842. The highest BCUT2D eigenvalue weighted by atomic mass is 16.4. The molecule has 0 aromatic heterocycles. The average molecular weight is 219 g/mol. The van der Waals surface area contributed by atoms with Crippen LogP contribution in [0.4, 0.5) is 5.69 Å². The monoisotopic (exact) mass is 219 g/mol. The summed E-state index contributed by atoms with van der Waals surface area (Å²) in [5, 5.41) is 11.7. The van der Waals surface area contributed by atoms with Gasteiger partial charge in [-0.05, 0) is 37.5 Å². The molecule has 0 heterocycles. The van der Waals surface area contributed by atoms with Gasteiger partial charge < -0.3 is 10.4 Å². The molecule has 2 N–H and O–H groups in total. The Kier molecular flexibility index (Phi) is 4.58. The van der Waals surface area contributed by atoms with Crippen LogP contribution < -0.4 is 5.32 Å². The lowest BCUT2D eigenvalue weighted by Gasteiger charge is -2.02. The molecule has 0 aliphatic carbocycles. The number of aryl methyl sites for hydroxylation is 1. The number of hydrogen-bond acceptors (Lipinski definition) is 2. The van der Waals surface area contributed by atoms with E-state index >= 15 is 0 Å². The summed E-state index contributed by atoms with van der Waals surface area (Å²) in [7, 11) is 1.88. The number of rotatable bonds is 5. The maximum atomic E-state index is 10.5. The Labute approximate surface area is 95.8 Å². The number of hydrogen-bond donors (Lipinski definition) is 2. The van der Waals surface area contributed by atoms with Crippen LogP contribution in [0.25, 0.3) is 0 Å². The van der Waals surface area contributed by atoms with Crippen molar-refractivity contribution in [3.63, 3.8) is 0 Å². The molecule has 3 heteroatoms. The molecule has 16 heavy (non-hydrogen) atoms. The van der Waals surface area contributed by atoms with E-state index in [9.17, 15) is 4.79 Å². The van der Waals surface area contributed by atoms with Crippen LogP contribution in [0.3, 0.4) is 0 Å². The normalized spacial score (nSPS) is 11.2. The highest BCUT2D eigenvalue weighted by Crippen LogP contribution is 2.10. The molecule has 0 amide bonds. The zero-order valence-electron chi connectivity index (χ0n) is 9.66. The fourth-order valence-electron chi connectivity index (χ4n) is 1.38. The molecule has 0 unspecified atom stereocenters. The first-order chi connectivity index (χ1) is 7.63. The van der Waals surface area contributed by atoms with Crippen LogP contribution in [0.2, 0.25) is 0 Å². The first-order valence-electron chi connectivity index (χ1n) is 5.30. The highest BCUT2D eigenvalue weighted by molar-refractivity contribution is 5.85. The summed E-state index contributed by atoms with van der Waals surface area (Å²) >= 11 is 0. The smallest absolute Gasteiger partial charge is 0.330 e. The molecular formula is C13H17NO2. The number of carboxylic acid groups (broad SMARTS) is 1. The van der Waals surface area contributed by atoms with Crippen molar-refractivity contribution >= 4 is 11.7 Å². The topological polar surface area (TPSA) is 49.3 Å². The molecule has 3 nitrogen and oxygen atoms in total. The first-order valence-corrected chi connectivity index (χ1v) is 5.30. The second kappa shape index (κ2) is 5.95. The third-order valence-electron chi connectivity index (χ3n) is 2.46. The molecule has 1 aromatic rings. The van der Waals surface area contributed by atoms with Crippen LogP contribution >= 0.6 is 0 Å². The van der Waals surface area contributed by atoms with Gasteiger partial charge in [-0.1, -0.05) is 18.2 Å². The van der Waals surface area contributed by atoms with Crippen LogP contribution in [0.15, 0.2) is 35.9 Å². The maximum absolute atomic E-state index is 10.5. The Morgan fingerprint density at radius 1 is 1.38 bits per heavy atom. The predicted molar refractivity (Wildman–Crippen MR) is 65.7 cm³/mol. The fraction of sp³-hybridized carbons (Fsp3) is 0.308. The maximum Gasteiger partial charge on any atom is 0.330 e. The van der Waals surface area contributed by atoms with Gasteiger partial charge in [0, 0.05) is 18.3 Å². The number of carbonyl (C=O) groups is 1. The molecule has 0 aliphatic heterocycles. The van der Waals surface area contributed by atoms with Crippen LogP contribution in [-0.4, -0.2) is 18.1 Å². The molecule has 86 valence electrons. The third kappa shape index (κ3) is 3.77. The summed E-state index contributed by atoms with van der Waals surface area (Å²) in [5.41, 5.74) is 2.71. The minimum absolute atomic E-state index is 0.409. The Hall–Kier alpha value is -1.77. The van der Waals surface area contributed by atoms with Crippen molar-refractivity contribution in [3.8, 4) is 0 Å². The van der Waals surface area contributed by atoms with Crippen LogP contribution in [0.5, 0.6) is 0 Å². The average Bonchev–Trinajstić information content (AvgIpc) is 2.29. The Morgan fingerprint density at radius 2 is 2.00 bits per heavy atom. The number of nitrogens with one attached hydrogen (secondary N) is 1. The van der Waals surface area contributed by atoms with E-state index in [-0.39, 0.29) is 0 Å². The van der Waals surface area contributed by atoms with Crippen molar-refractivity contribution < 1.29 is 9.90 Å². The van der Waals surface area contributed by atoms with Crippen molar-refractivity contribution in [2.75, 3.05) is 12.4 Å². The van der Waals surface area contributed by atoms with E-state index < -0.39 is 5.97 Å². The van der Waals surface area contributed by atoms with E-state index in [1.54, 1.807) is 13.0 Å². The summed E-state index contributed by atoms with van der Waals surface area (Å²) in [6.07, 6.45) is 3.39. The van der Waals surface area contributed by atoms with Gasteiger partial charge >= 0.3 is 5.97 Å². The summed E-state index contributed by atoms with van der Waals surface area (Å²) in [6, 6.07) is 8.14. The zero-order valence-corrected chi connectivity index (χ0v) is 9.66. The first kappa shape index (κ1) is 12.3. The van der Waals surface area contributed by atoms with E-state index in [0.717, 1.165) is 18.5 Å². The molecular weight excluding hydrogens is 202 g/mol. The second-order valence-corrected chi connectivity index (χ2v) is 3.68. The molecule has 0 saturated heterocycles. The molecule has 0 radical (unpaired) electrons. The molecule has 0 atom stereocenters. The SMILES string of the molecule is CNc1ccc(CC/C=C(\C)C(=O)O)cc1. The Bertz CT molecular complexity index is 379. The quantitative estimate of drug-likeness (QED) is 0.748. The summed E-state index contributed by atoms with van der Waals surface area (Å²) in [4.78, 5) is 10.5. The lowest BCUT2D eigenvalue weighted by Crippen LogP contribution is -1.96. The Balaban J connectivity index is 2.49. The molecule has 0 bridgehead atoms. The number of allylic oxidation sites excluding steroid dienone is 1. The van der Waals surface area contributed by atoms with Crippen molar-refractivity contribution in [3.05, 3.63) is 41.5 Å². The summed E-state index contributed by atoms with van der Waals surface area (Å²) in [6.45, 7) is 1.62. The number of benzene rings is 1. The van der Waals surface area contributed by atoms with Crippen LogP contribution in [-0.2, 0) is 11.2 Å². The third-order valence-corrected chi connectivity index (χ3v) is 2.46. The molecule has 1 aromatic carbocycles. The van der Waals surface area contributed by atoms with Crippen LogP contribution in [0.1, 0.15) is 18.9 Å². The summed E-state index contributed by atoms with van der Waals surface area (Å²) < 4.78 is 0. The molecule has 0 saturated carbocycles. The number of anilines is 1. The van der Waals surface area contributed by atoms with Crippen LogP contribution in [0, 0.1) is 0 Å². The molecule has 1 rings (SSSR count). The van der Waals surface area contributed by atoms with Gasteiger partial charge in [-0.3, -0.25) is 0 Å². The standard InChI is InChI=1S/C13H17NO2/c1-10(13(15)16)4-3-5-11-6-8-12(14-2)9-7-11/h4,6-9,14H,3,5H2,1-2H3,(H,15,16)/b10-4+.